The first-order valence-corrected chi connectivity index (χ1v) is 6.91. The maximum atomic E-state index is 6.03. The predicted octanol–water partition coefficient (Wildman–Crippen LogP) is 3.28. The molecule has 0 aromatic heterocycles. The van der Waals surface area contributed by atoms with Crippen molar-refractivity contribution in [1.29, 1.82) is 0 Å². The number of ether oxygens (including phenoxy) is 2. The molecule has 1 aliphatic rings. The molecule has 0 saturated carbocycles. The lowest BCUT2D eigenvalue weighted by molar-refractivity contribution is 0.188. The molecule has 3 heteroatoms. The molecule has 0 aliphatic carbocycles. The molecule has 0 saturated heterocycles. The van der Waals surface area contributed by atoms with Crippen molar-refractivity contribution in [3.05, 3.63) is 23.3 Å². The Morgan fingerprint density at radius 2 is 2.00 bits per heavy atom. The van der Waals surface area contributed by atoms with Crippen molar-refractivity contribution in [1.82, 2.24) is 5.32 Å². The van der Waals surface area contributed by atoms with Crippen molar-refractivity contribution in [3.8, 4) is 11.5 Å². The van der Waals surface area contributed by atoms with Gasteiger partial charge in [0.25, 0.3) is 0 Å². The smallest absolute Gasteiger partial charge is 0.128 e. The molecule has 1 aromatic carbocycles. The number of benzene rings is 1. The van der Waals surface area contributed by atoms with Gasteiger partial charge in [-0.1, -0.05) is 27.7 Å². The predicted molar refractivity (Wildman–Crippen MR) is 78.2 cm³/mol. The third-order valence-corrected chi connectivity index (χ3v) is 3.84. The van der Waals surface area contributed by atoms with Crippen LogP contribution < -0.4 is 14.8 Å². The molecule has 0 spiro atoms. The number of methoxy groups -OCH3 is 1. The van der Waals surface area contributed by atoms with Crippen LogP contribution >= 0.6 is 0 Å². The molecule has 0 amide bonds. The van der Waals surface area contributed by atoms with E-state index in [1.54, 1.807) is 7.11 Å². The molecule has 2 atom stereocenters. The normalized spacial score (nSPS) is 22.6. The second-order valence-corrected chi connectivity index (χ2v) is 6.40. The van der Waals surface area contributed by atoms with Crippen molar-refractivity contribution in [3.63, 3.8) is 0 Å². The fourth-order valence-electron chi connectivity index (χ4n) is 2.75. The molecule has 1 N–H and O–H groups in total. The minimum Gasteiger partial charge on any atom is -0.497 e. The molecule has 1 heterocycles. The van der Waals surface area contributed by atoms with E-state index in [0.29, 0.717) is 12.0 Å². The van der Waals surface area contributed by atoms with E-state index in [9.17, 15) is 0 Å². The molecule has 2 rings (SSSR count). The van der Waals surface area contributed by atoms with Crippen molar-refractivity contribution in [2.45, 2.75) is 39.2 Å². The van der Waals surface area contributed by atoms with Gasteiger partial charge in [-0.05, 0) is 24.6 Å². The van der Waals surface area contributed by atoms with Gasteiger partial charge in [0.1, 0.15) is 11.5 Å². The minimum absolute atomic E-state index is 0.0392. The highest BCUT2D eigenvalue weighted by Gasteiger charge is 2.32. The first kappa shape index (κ1) is 14.2. The number of fused-ring (bicyclic) bond motifs is 1. The Hall–Kier alpha value is -1.22. The van der Waals surface area contributed by atoms with Crippen LogP contribution in [0.3, 0.4) is 0 Å². The highest BCUT2D eigenvalue weighted by atomic mass is 16.5. The average Bonchev–Trinajstić information content (AvgIpc) is 2.36. The van der Waals surface area contributed by atoms with Gasteiger partial charge in [0, 0.05) is 23.1 Å². The second kappa shape index (κ2) is 5.04. The Kier molecular flexibility index (Phi) is 3.77. The van der Waals surface area contributed by atoms with E-state index in [0.717, 1.165) is 18.1 Å². The van der Waals surface area contributed by atoms with E-state index in [4.69, 9.17) is 9.47 Å². The van der Waals surface area contributed by atoms with E-state index in [2.05, 4.69) is 45.1 Å². The first-order valence-electron chi connectivity index (χ1n) is 6.91. The summed E-state index contributed by atoms with van der Waals surface area (Å²) in [4.78, 5) is 0. The molecule has 1 aromatic rings. The van der Waals surface area contributed by atoms with Gasteiger partial charge in [-0.25, -0.2) is 0 Å². The quantitative estimate of drug-likeness (QED) is 0.888. The van der Waals surface area contributed by atoms with Gasteiger partial charge >= 0.3 is 0 Å². The standard InChI is InChI=1S/C16H25NO2/c1-10-9-19-15-12(14(10)17-5)7-11(18-6)8-13(15)16(2,3)4/h7-8,10,14,17H,9H2,1-6H3. The zero-order valence-corrected chi connectivity index (χ0v) is 12.8. The van der Waals surface area contributed by atoms with Gasteiger partial charge in [0.05, 0.1) is 13.7 Å². The summed E-state index contributed by atoms with van der Waals surface area (Å²) in [5, 5.41) is 3.40. The maximum Gasteiger partial charge on any atom is 0.128 e. The fraction of sp³-hybridized carbons (Fsp3) is 0.625. The van der Waals surface area contributed by atoms with Gasteiger partial charge in [0.2, 0.25) is 0 Å². The first-order chi connectivity index (χ1) is 8.88. The summed E-state index contributed by atoms with van der Waals surface area (Å²) in [5.74, 6) is 2.39. The number of hydrogen-bond acceptors (Lipinski definition) is 3. The fourth-order valence-corrected chi connectivity index (χ4v) is 2.75. The SMILES string of the molecule is CNC1c2cc(OC)cc(C(C)(C)C)c2OCC1C. The summed E-state index contributed by atoms with van der Waals surface area (Å²) >= 11 is 0. The van der Waals surface area contributed by atoms with Gasteiger partial charge in [-0.3, -0.25) is 0 Å². The monoisotopic (exact) mass is 263 g/mol. The molecule has 2 unspecified atom stereocenters. The Morgan fingerprint density at radius 3 is 2.53 bits per heavy atom. The van der Waals surface area contributed by atoms with Crippen LogP contribution in [0, 0.1) is 5.92 Å². The van der Waals surface area contributed by atoms with Crippen LogP contribution in [0.15, 0.2) is 12.1 Å². The molecule has 0 radical (unpaired) electrons. The lowest BCUT2D eigenvalue weighted by atomic mass is 9.81. The maximum absolute atomic E-state index is 6.03. The zero-order valence-electron chi connectivity index (χ0n) is 12.8. The molecular weight excluding hydrogens is 238 g/mol. The molecule has 3 nitrogen and oxygen atoms in total. The van der Waals surface area contributed by atoms with Crippen LogP contribution in [0.5, 0.6) is 11.5 Å². The lowest BCUT2D eigenvalue weighted by Gasteiger charge is -2.35. The van der Waals surface area contributed by atoms with E-state index in [1.165, 1.54) is 11.1 Å². The van der Waals surface area contributed by atoms with E-state index in [-0.39, 0.29) is 5.41 Å². The van der Waals surface area contributed by atoms with Gasteiger partial charge in [-0.2, -0.15) is 0 Å². The molecule has 1 aliphatic heterocycles. The number of rotatable bonds is 2. The Morgan fingerprint density at radius 1 is 1.32 bits per heavy atom. The highest BCUT2D eigenvalue weighted by Crippen LogP contribution is 2.44. The summed E-state index contributed by atoms with van der Waals surface area (Å²) in [5.41, 5.74) is 2.47. The summed E-state index contributed by atoms with van der Waals surface area (Å²) < 4.78 is 11.5. The Labute approximate surface area is 116 Å². The molecule has 0 bridgehead atoms. The van der Waals surface area contributed by atoms with Crippen LogP contribution in [-0.4, -0.2) is 20.8 Å². The number of hydrogen-bond donors (Lipinski definition) is 1. The summed E-state index contributed by atoms with van der Waals surface area (Å²) in [6.45, 7) is 9.59. The van der Waals surface area contributed by atoms with Crippen LogP contribution in [0.4, 0.5) is 0 Å². The van der Waals surface area contributed by atoms with Gasteiger partial charge in [0.15, 0.2) is 0 Å². The molecule has 106 valence electrons. The summed E-state index contributed by atoms with van der Waals surface area (Å²) in [6.07, 6.45) is 0. The zero-order chi connectivity index (χ0) is 14.2. The third kappa shape index (κ3) is 2.57. The minimum atomic E-state index is 0.0392. The van der Waals surface area contributed by atoms with Crippen LogP contribution in [-0.2, 0) is 5.41 Å². The van der Waals surface area contributed by atoms with Crippen LogP contribution in [0.25, 0.3) is 0 Å². The van der Waals surface area contributed by atoms with Crippen molar-refractivity contribution < 1.29 is 9.47 Å². The molecule has 19 heavy (non-hydrogen) atoms. The molecule has 0 fully saturated rings. The van der Waals surface area contributed by atoms with E-state index < -0.39 is 0 Å². The lowest BCUT2D eigenvalue weighted by Crippen LogP contribution is -2.33. The average molecular weight is 263 g/mol. The second-order valence-electron chi connectivity index (χ2n) is 6.40. The van der Waals surface area contributed by atoms with Crippen LogP contribution in [0.1, 0.15) is 44.9 Å². The van der Waals surface area contributed by atoms with E-state index >= 15 is 0 Å². The number of nitrogens with one attached hydrogen (secondary N) is 1. The third-order valence-electron chi connectivity index (χ3n) is 3.84. The van der Waals surface area contributed by atoms with Crippen LogP contribution in [0.2, 0.25) is 0 Å². The highest BCUT2D eigenvalue weighted by molar-refractivity contribution is 5.52. The summed E-state index contributed by atoms with van der Waals surface area (Å²) in [7, 11) is 3.72. The van der Waals surface area contributed by atoms with Gasteiger partial charge < -0.3 is 14.8 Å². The largest absolute Gasteiger partial charge is 0.497 e. The van der Waals surface area contributed by atoms with Crippen molar-refractivity contribution in [2.75, 3.05) is 20.8 Å². The Bertz CT molecular complexity index is 463. The van der Waals surface area contributed by atoms with E-state index in [1.807, 2.05) is 7.05 Å². The van der Waals surface area contributed by atoms with Gasteiger partial charge in [-0.15, -0.1) is 0 Å². The topological polar surface area (TPSA) is 30.5 Å². The summed E-state index contributed by atoms with van der Waals surface area (Å²) in [6, 6.07) is 4.52. The van der Waals surface area contributed by atoms with Crippen molar-refractivity contribution in [2.24, 2.45) is 5.92 Å². The van der Waals surface area contributed by atoms with Crippen molar-refractivity contribution >= 4 is 0 Å². The molecular formula is C16H25NO2. The Balaban J connectivity index is 2.62.